The van der Waals surface area contributed by atoms with Gasteiger partial charge in [0.05, 0.1) is 0 Å². The standard InChI is InChI=1S/C13H20N2S/c1-10-6-7-12(8-14)13(15-10)16-9-11-4-2-3-5-11/h6-7,11H,2-5,8-9,14H2,1H3. The number of aryl methyl sites for hydroxylation is 1. The van der Waals surface area contributed by atoms with Gasteiger partial charge in [0.25, 0.3) is 0 Å². The van der Waals surface area contributed by atoms with E-state index in [9.17, 15) is 0 Å². The van der Waals surface area contributed by atoms with Crippen molar-refractivity contribution in [2.75, 3.05) is 5.75 Å². The van der Waals surface area contributed by atoms with E-state index in [-0.39, 0.29) is 0 Å². The maximum Gasteiger partial charge on any atom is 0.101 e. The summed E-state index contributed by atoms with van der Waals surface area (Å²) in [5.74, 6) is 2.11. The van der Waals surface area contributed by atoms with Gasteiger partial charge in [-0.05, 0) is 37.3 Å². The summed E-state index contributed by atoms with van der Waals surface area (Å²) in [6.07, 6.45) is 5.62. The van der Waals surface area contributed by atoms with E-state index in [0.29, 0.717) is 6.54 Å². The highest BCUT2D eigenvalue weighted by atomic mass is 32.2. The molecule has 0 radical (unpaired) electrons. The first-order valence-electron chi connectivity index (χ1n) is 6.09. The van der Waals surface area contributed by atoms with E-state index < -0.39 is 0 Å². The first-order chi connectivity index (χ1) is 7.79. The predicted molar refractivity (Wildman–Crippen MR) is 69.5 cm³/mol. The van der Waals surface area contributed by atoms with Crippen molar-refractivity contribution in [2.24, 2.45) is 11.7 Å². The van der Waals surface area contributed by atoms with Crippen molar-refractivity contribution in [1.82, 2.24) is 4.98 Å². The van der Waals surface area contributed by atoms with Crippen molar-refractivity contribution in [2.45, 2.75) is 44.2 Å². The second kappa shape index (κ2) is 5.69. The molecule has 0 aliphatic heterocycles. The first-order valence-corrected chi connectivity index (χ1v) is 7.07. The molecule has 1 aromatic heterocycles. The van der Waals surface area contributed by atoms with Crippen molar-refractivity contribution in [1.29, 1.82) is 0 Å². The molecule has 2 nitrogen and oxygen atoms in total. The van der Waals surface area contributed by atoms with Gasteiger partial charge in [0, 0.05) is 18.0 Å². The lowest BCUT2D eigenvalue weighted by molar-refractivity contribution is 0.622. The van der Waals surface area contributed by atoms with Gasteiger partial charge in [-0.3, -0.25) is 0 Å². The molecule has 3 heteroatoms. The molecule has 0 aromatic carbocycles. The monoisotopic (exact) mass is 236 g/mol. The summed E-state index contributed by atoms with van der Waals surface area (Å²) >= 11 is 1.89. The zero-order valence-corrected chi connectivity index (χ0v) is 10.7. The van der Waals surface area contributed by atoms with Gasteiger partial charge in [0.2, 0.25) is 0 Å². The summed E-state index contributed by atoms with van der Waals surface area (Å²) in [7, 11) is 0. The average molecular weight is 236 g/mol. The Bertz CT molecular complexity index is 346. The molecular weight excluding hydrogens is 216 g/mol. The molecule has 0 saturated heterocycles. The van der Waals surface area contributed by atoms with Crippen molar-refractivity contribution in [3.05, 3.63) is 23.4 Å². The van der Waals surface area contributed by atoms with Gasteiger partial charge in [-0.2, -0.15) is 0 Å². The number of nitrogens with two attached hydrogens (primary N) is 1. The van der Waals surface area contributed by atoms with E-state index >= 15 is 0 Å². The van der Waals surface area contributed by atoms with E-state index in [4.69, 9.17) is 5.73 Å². The van der Waals surface area contributed by atoms with Crippen LogP contribution in [0.3, 0.4) is 0 Å². The molecule has 1 fully saturated rings. The fourth-order valence-electron chi connectivity index (χ4n) is 2.22. The highest BCUT2D eigenvalue weighted by Gasteiger charge is 2.16. The molecule has 0 amide bonds. The molecule has 1 aromatic rings. The van der Waals surface area contributed by atoms with E-state index in [2.05, 4.69) is 11.1 Å². The molecule has 1 aliphatic rings. The maximum atomic E-state index is 5.73. The normalized spacial score (nSPS) is 16.9. The van der Waals surface area contributed by atoms with Gasteiger partial charge >= 0.3 is 0 Å². The Kier molecular flexibility index (Phi) is 4.24. The molecule has 1 saturated carbocycles. The first kappa shape index (κ1) is 11.9. The molecule has 1 heterocycles. The van der Waals surface area contributed by atoms with Crippen LogP contribution in [0, 0.1) is 12.8 Å². The van der Waals surface area contributed by atoms with Crippen LogP contribution in [0.2, 0.25) is 0 Å². The summed E-state index contributed by atoms with van der Waals surface area (Å²) in [5.41, 5.74) is 8.01. The maximum absolute atomic E-state index is 5.73. The fourth-order valence-corrected chi connectivity index (χ4v) is 3.49. The van der Waals surface area contributed by atoms with Crippen LogP contribution in [0.5, 0.6) is 0 Å². The molecule has 0 bridgehead atoms. The van der Waals surface area contributed by atoms with Crippen molar-refractivity contribution in [3.63, 3.8) is 0 Å². The number of nitrogens with zero attached hydrogens (tertiary/aromatic N) is 1. The van der Waals surface area contributed by atoms with Crippen molar-refractivity contribution in [3.8, 4) is 0 Å². The van der Waals surface area contributed by atoms with E-state index in [0.717, 1.165) is 16.6 Å². The van der Waals surface area contributed by atoms with E-state index in [1.54, 1.807) is 0 Å². The van der Waals surface area contributed by atoms with Gasteiger partial charge in [-0.1, -0.05) is 18.9 Å². The average Bonchev–Trinajstić information content (AvgIpc) is 2.79. The molecule has 0 atom stereocenters. The van der Waals surface area contributed by atoms with Crippen LogP contribution in [-0.4, -0.2) is 10.7 Å². The van der Waals surface area contributed by atoms with Crippen LogP contribution in [0.25, 0.3) is 0 Å². The molecule has 16 heavy (non-hydrogen) atoms. The third kappa shape index (κ3) is 2.98. The van der Waals surface area contributed by atoms with Crippen LogP contribution in [0.15, 0.2) is 17.2 Å². The van der Waals surface area contributed by atoms with Crippen LogP contribution < -0.4 is 5.73 Å². The number of rotatable bonds is 4. The molecular formula is C13H20N2S. The van der Waals surface area contributed by atoms with Gasteiger partial charge in [-0.25, -0.2) is 4.98 Å². The Morgan fingerprint density at radius 2 is 2.12 bits per heavy atom. The smallest absolute Gasteiger partial charge is 0.101 e. The Morgan fingerprint density at radius 1 is 1.38 bits per heavy atom. The highest BCUT2D eigenvalue weighted by Crippen LogP contribution is 2.31. The second-order valence-corrected chi connectivity index (χ2v) is 5.59. The van der Waals surface area contributed by atoms with Crippen molar-refractivity contribution < 1.29 is 0 Å². The quantitative estimate of drug-likeness (QED) is 0.816. The van der Waals surface area contributed by atoms with E-state index in [1.807, 2.05) is 24.8 Å². The Hall–Kier alpha value is -0.540. The van der Waals surface area contributed by atoms with Gasteiger partial charge < -0.3 is 5.73 Å². The van der Waals surface area contributed by atoms with Crippen LogP contribution >= 0.6 is 11.8 Å². The minimum atomic E-state index is 0.598. The number of thioether (sulfide) groups is 1. The van der Waals surface area contributed by atoms with Crippen LogP contribution in [0.4, 0.5) is 0 Å². The predicted octanol–water partition coefficient (Wildman–Crippen LogP) is 3.13. The summed E-state index contributed by atoms with van der Waals surface area (Å²) in [5, 5.41) is 1.15. The van der Waals surface area contributed by atoms with E-state index in [1.165, 1.54) is 37.0 Å². The van der Waals surface area contributed by atoms with Gasteiger partial charge in [0.15, 0.2) is 0 Å². The lowest BCUT2D eigenvalue weighted by atomic mass is 10.1. The van der Waals surface area contributed by atoms with Gasteiger partial charge in [-0.15, -0.1) is 11.8 Å². The van der Waals surface area contributed by atoms with Crippen molar-refractivity contribution >= 4 is 11.8 Å². The Morgan fingerprint density at radius 3 is 2.81 bits per heavy atom. The second-order valence-electron chi connectivity index (χ2n) is 4.58. The van der Waals surface area contributed by atoms with Gasteiger partial charge in [0.1, 0.15) is 5.03 Å². The SMILES string of the molecule is Cc1ccc(CN)c(SCC2CCCC2)n1. The third-order valence-corrected chi connectivity index (χ3v) is 4.49. The zero-order chi connectivity index (χ0) is 11.4. The Balaban J connectivity index is 1.98. The number of aromatic nitrogens is 1. The summed E-state index contributed by atoms with van der Waals surface area (Å²) in [6.45, 7) is 2.64. The fraction of sp³-hybridized carbons (Fsp3) is 0.615. The third-order valence-electron chi connectivity index (χ3n) is 3.23. The minimum Gasteiger partial charge on any atom is -0.326 e. The molecule has 0 spiro atoms. The lowest BCUT2D eigenvalue weighted by Gasteiger charge is -2.10. The highest BCUT2D eigenvalue weighted by molar-refractivity contribution is 7.99. The molecule has 1 aliphatic carbocycles. The molecule has 2 N–H and O–H groups in total. The zero-order valence-electron chi connectivity index (χ0n) is 9.91. The Labute approximate surface area is 102 Å². The molecule has 2 rings (SSSR count). The largest absolute Gasteiger partial charge is 0.326 e. The summed E-state index contributed by atoms with van der Waals surface area (Å²) in [4.78, 5) is 4.59. The lowest BCUT2D eigenvalue weighted by Crippen LogP contribution is -2.03. The topological polar surface area (TPSA) is 38.9 Å². The minimum absolute atomic E-state index is 0.598. The number of hydrogen-bond donors (Lipinski definition) is 1. The number of pyridine rings is 1. The van der Waals surface area contributed by atoms with Crippen LogP contribution in [0.1, 0.15) is 36.9 Å². The number of hydrogen-bond acceptors (Lipinski definition) is 3. The molecule has 0 unspecified atom stereocenters. The summed E-state index contributed by atoms with van der Waals surface area (Å²) in [6, 6.07) is 4.15. The molecule has 88 valence electrons. The van der Waals surface area contributed by atoms with Crippen LogP contribution in [-0.2, 0) is 6.54 Å². The summed E-state index contributed by atoms with van der Waals surface area (Å²) < 4.78 is 0.